The van der Waals surface area contributed by atoms with Crippen LogP contribution < -0.4 is 15.4 Å². The lowest BCUT2D eigenvalue weighted by Crippen LogP contribution is -2.36. The molecule has 4 heteroatoms. The molecule has 0 saturated heterocycles. The molecule has 0 radical (unpaired) electrons. The van der Waals surface area contributed by atoms with Gasteiger partial charge >= 0.3 is 0 Å². The highest BCUT2D eigenvalue weighted by Gasteiger charge is 2.15. The zero-order chi connectivity index (χ0) is 14.3. The number of rotatable bonds is 7. The number of benzene rings is 1. The average molecular weight is 262 g/mol. The molecule has 0 spiro atoms. The van der Waals surface area contributed by atoms with E-state index in [0.717, 1.165) is 11.3 Å². The summed E-state index contributed by atoms with van der Waals surface area (Å²) < 4.78 is 5.73. The van der Waals surface area contributed by atoms with Crippen LogP contribution in [0.2, 0.25) is 0 Å². The normalized spacial score (nSPS) is 11.7. The Hall–Kier alpha value is -1.81. The monoisotopic (exact) mass is 262 g/mol. The largest absolute Gasteiger partial charge is 0.481 e. The number of aryl methyl sites for hydroxylation is 1. The fourth-order valence-electron chi connectivity index (χ4n) is 1.71. The van der Waals surface area contributed by atoms with E-state index in [-0.39, 0.29) is 5.91 Å². The summed E-state index contributed by atoms with van der Waals surface area (Å²) >= 11 is 0. The van der Waals surface area contributed by atoms with Gasteiger partial charge in [0.15, 0.2) is 6.10 Å². The van der Waals surface area contributed by atoms with Gasteiger partial charge in [0.05, 0.1) is 0 Å². The van der Waals surface area contributed by atoms with Gasteiger partial charge in [-0.15, -0.1) is 6.58 Å². The summed E-state index contributed by atoms with van der Waals surface area (Å²) in [7, 11) is 1.88. The van der Waals surface area contributed by atoms with Gasteiger partial charge in [-0.05, 0) is 27.0 Å². The van der Waals surface area contributed by atoms with Crippen molar-refractivity contribution in [3.8, 4) is 5.75 Å². The molecular formula is C15H22N2O2. The van der Waals surface area contributed by atoms with E-state index < -0.39 is 6.10 Å². The number of carbonyl (C=O) groups excluding carboxylic acids is 1. The fraction of sp³-hybridized carbons (Fsp3) is 0.400. The van der Waals surface area contributed by atoms with Crippen molar-refractivity contribution in [1.82, 2.24) is 10.6 Å². The van der Waals surface area contributed by atoms with Gasteiger partial charge in [0.25, 0.3) is 5.91 Å². The molecule has 1 aromatic rings. The van der Waals surface area contributed by atoms with E-state index >= 15 is 0 Å². The van der Waals surface area contributed by atoms with Crippen molar-refractivity contribution in [3.63, 3.8) is 0 Å². The summed E-state index contributed by atoms with van der Waals surface area (Å²) in [4.78, 5) is 11.7. The molecule has 1 rings (SSSR count). The Balaban J connectivity index is 2.74. The van der Waals surface area contributed by atoms with E-state index in [1.54, 1.807) is 13.0 Å². The van der Waals surface area contributed by atoms with Crippen LogP contribution in [0.1, 0.15) is 18.1 Å². The SMILES string of the molecule is C=CCNC(=O)C(C)Oc1ccc(C)cc1CNC. The Labute approximate surface area is 114 Å². The molecule has 104 valence electrons. The minimum Gasteiger partial charge on any atom is -0.481 e. The highest BCUT2D eigenvalue weighted by Crippen LogP contribution is 2.21. The van der Waals surface area contributed by atoms with Crippen LogP contribution in [0, 0.1) is 6.92 Å². The molecule has 0 aromatic heterocycles. The van der Waals surface area contributed by atoms with Gasteiger partial charge in [-0.2, -0.15) is 0 Å². The summed E-state index contributed by atoms with van der Waals surface area (Å²) in [6.45, 7) is 8.48. The lowest BCUT2D eigenvalue weighted by atomic mass is 10.1. The highest BCUT2D eigenvalue weighted by atomic mass is 16.5. The van der Waals surface area contributed by atoms with E-state index in [2.05, 4.69) is 23.3 Å². The molecule has 2 N–H and O–H groups in total. The molecule has 0 bridgehead atoms. The molecule has 0 aliphatic carbocycles. The zero-order valence-electron chi connectivity index (χ0n) is 11.8. The molecule has 4 nitrogen and oxygen atoms in total. The molecule has 0 heterocycles. The molecule has 0 aliphatic heterocycles. The average Bonchev–Trinajstić information content (AvgIpc) is 2.39. The first kappa shape index (κ1) is 15.2. The summed E-state index contributed by atoms with van der Waals surface area (Å²) in [6.07, 6.45) is 1.11. The van der Waals surface area contributed by atoms with Gasteiger partial charge < -0.3 is 15.4 Å². The van der Waals surface area contributed by atoms with Crippen LogP contribution in [0.4, 0.5) is 0 Å². The van der Waals surface area contributed by atoms with Crippen molar-refractivity contribution in [1.29, 1.82) is 0 Å². The van der Waals surface area contributed by atoms with Gasteiger partial charge in [0, 0.05) is 18.7 Å². The van der Waals surface area contributed by atoms with Gasteiger partial charge in [0.2, 0.25) is 0 Å². The second kappa shape index (κ2) is 7.59. The molecule has 0 fully saturated rings. The van der Waals surface area contributed by atoms with Gasteiger partial charge in [0.1, 0.15) is 5.75 Å². The van der Waals surface area contributed by atoms with Crippen molar-refractivity contribution < 1.29 is 9.53 Å². The van der Waals surface area contributed by atoms with Crippen LogP contribution in [0.15, 0.2) is 30.9 Å². The van der Waals surface area contributed by atoms with Crippen LogP contribution in [-0.4, -0.2) is 25.6 Å². The van der Waals surface area contributed by atoms with Crippen LogP contribution in [-0.2, 0) is 11.3 Å². The summed E-state index contributed by atoms with van der Waals surface area (Å²) in [5.41, 5.74) is 2.22. The molecule has 1 unspecified atom stereocenters. The Bertz CT molecular complexity index is 444. The third-order valence-corrected chi connectivity index (χ3v) is 2.68. The second-order valence-electron chi connectivity index (χ2n) is 4.44. The number of nitrogens with one attached hydrogen (secondary N) is 2. The highest BCUT2D eigenvalue weighted by molar-refractivity contribution is 5.80. The smallest absolute Gasteiger partial charge is 0.261 e. The molecule has 1 atom stereocenters. The number of hydrogen-bond donors (Lipinski definition) is 2. The first-order chi connectivity index (χ1) is 9.08. The van der Waals surface area contributed by atoms with E-state index in [9.17, 15) is 4.79 Å². The minimum atomic E-state index is -0.529. The van der Waals surface area contributed by atoms with Crippen molar-refractivity contribution >= 4 is 5.91 Å². The van der Waals surface area contributed by atoms with Crippen molar-refractivity contribution in [2.75, 3.05) is 13.6 Å². The van der Waals surface area contributed by atoms with Gasteiger partial charge in [-0.25, -0.2) is 0 Å². The first-order valence-corrected chi connectivity index (χ1v) is 6.38. The Morgan fingerprint density at radius 2 is 2.26 bits per heavy atom. The van der Waals surface area contributed by atoms with Crippen molar-refractivity contribution in [2.24, 2.45) is 0 Å². The maximum absolute atomic E-state index is 11.7. The number of ether oxygens (including phenoxy) is 1. The summed E-state index contributed by atoms with van der Waals surface area (Å²) in [5, 5.41) is 5.81. The summed E-state index contributed by atoms with van der Waals surface area (Å²) in [6, 6.07) is 5.93. The maximum Gasteiger partial charge on any atom is 0.261 e. The molecule has 0 aliphatic rings. The number of carbonyl (C=O) groups is 1. The molecule has 19 heavy (non-hydrogen) atoms. The fourth-order valence-corrected chi connectivity index (χ4v) is 1.71. The number of amides is 1. The van der Waals surface area contributed by atoms with Crippen LogP contribution in [0.25, 0.3) is 0 Å². The third kappa shape index (κ3) is 4.75. The van der Waals surface area contributed by atoms with E-state index in [1.165, 1.54) is 5.56 Å². The quantitative estimate of drug-likeness (QED) is 0.737. The zero-order valence-corrected chi connectivity index (χ0v) is 11.8. The number of hydrogen-bond acceptors (Lipinski definition) is 3. The first-order valence-electron chi connectivity index (χ1n) is 6.38. The standard InChI is InChI=1S/C15H22N2O2/c1-5-8-17-15(18)12(3)19-14-7-6-11(2)9-13(14)10-16-4/h5-7,9,12,16H,1,8,10H2,2-4H3,(H,17,18). The van der Waals surface area contributed by atoms with Gasteiger partial charge in [-0.3, -0.25) is 4.79 Å². The molecule has 1 amide bonds. The maximum atomic E-state index is 11.7. The minimum absolute atomic E-state index is 0.143. The van der Waals surface area contributed by atoms with Crippen LogP contribution in [0.5, 0.6) is 5.75 Å². The Morgan fingerprint density at radius 1 is 1.53 bits per heavy atom. The lowest BCUT2D eigenvalue weighted by molar-refractivity contribution is -0.127. The van der Waals surface area contributed by atoms with E-state index in [1.807, 2.05) is 26.1 Å². The summed E-state index contributed by atoms with van der Waals surface area (Å²) in [5.74, 6) is 0.595. The predicted octanol–water partition coefficient (Wildman–Crippen LogP) is 1.78. The Morgan fingerprint density at radius 3 is 2.89 bits per heavy atom. The topological polar surface area (TPSA) is 50.4 Å². The molecule has 1 aromatic carbocycles. The second-order valence-corrected chi connectivity index (χ2v) is 4.44. The molecular weight excluding hydrogens is 240 g/mol. The van der Waals surface area contributed by atoms with Crippen LogP contribution >= 0.6 is 0 Å². The van der Waals surface area contributed by atoms with Crippen LogP contribution in [0.3, 0.4) is 0 Å². The van der Waals surface area contributed by atoms with Crippen molar-refractivity contribution in [3.05, 3.63) is 42.0 Å². The molecule has 0 saturated carbocycles. The van der Waals surface area contributed by atoms with Crippen molar-refractivity contribution in [2.45, 2.75) is 26.5 Å². The van der Waals surface area contributed by atoms with Gasteiger partial charge in [-0.1, -0.05) is 23.8 Å². The van der Waals surface area contributed by atoms with E-state index in [4.69, 9.17) is 4.74 Å². The lowest BCUT2D eigenvalue weighted by Gasteiger charge is -2.17. The predicted molar refractivity (Wildman–Crippen MR) is 77.2 cm³/mol. The Kier molecular flexibility index (Phi) is 6.09. The van der Waals surface area contributed by atoms with E-state index in [0.29, 0.717) is 13.1 Å². The third-order valence-electron chi connectivity index (χ3n) is 2.68.